The quantitative estimate of drug-likeness (QED) is 0.469. The molecule has 2 aromatic heterocycles. The van der Waals surface area contributed by atoms with Crippen molar-refractivity contribution in [2.24, 2.45) is 0 Å². The zero-order chi connectivity index (χ0) is 24.0. The maximum Gasteiger partial charge on any atom is 0.272 e. The van der Waals surface area contributed by atoms with Crippen LogP contribution in [0.3, 0.4) is 0 Å². The molecule has 0 saturated heterocycles. The van der Waals surface area contributed by atoms with Crippen molar-refractivity contribution in [1.29, 1.82) is 0 Å². The second kappa shape index (κ2) is 10.3. The Morgan fingerprint density at radius 1 is 1.15 bits per heavy atom. The van der Waals surface area contributed by atoms with E-state index < -0.39 is 5.92 Å². The molecular formula is C24H26F2N4O3. The van der Waals surface area contributed by atoms with Crippen molar-refractivity contribution in [3.63, 3.8) is 0 Å². The van der Waals surface area contributed by atoms with Gasteiger partial charge in [0.25, 0.3) is 11.8 Å². The van der Waals surface area contributed by atoms with E-state index in [9.17, 15) is 13.6 Å². The van der Waals surface area contributed by atoms with Crippen LogP contribution in [0.2, 0.25) is 0 Å². The van der Waals surface area contributed by atoms with Crippen molar-refractivity contribution in [2.75, 3.05) is 20.3 Å². The van der Waals surface area contributed by atoms with Gasteiger partial charge in [-0.1, -0.05) is 0 Å². The van der Waals surface area contributed by atoms with E-state index >= 15 is 0 Å². The van der Waals surface area contributed by atoms with Crippen molar-refractivity contribution in [3.8, 4) is 23.0 Å². The Balaban J connectivity index is 1.78. The van der Waals surface area contributed by atoms with Crippen LogP contribution < -0.4 is 9.47 Å². The number of carbonyl (C=O) groups excluding carboxylic acids is 1. The molecule has 1 aromatic carbocycles. The average Bonchev–Trinajstić information content (AvgIpc) is 2.83. The summed E-state index contributed by atoms with van der Waals surface area (Å²) in [5.74, 6) is -1.98. The van der Waals surface area contributed by atoms with Crippen molar-refractivity contribution < 1.29 is 23.0 Å². The number of carbonyl (C=O) groups is 1. The maximum atomic E-state index is 13.5. The van der Waals surface area contributed by atoms with Crippen LogP contribution in [0.5, 0.6) is 11.6 Å². The van der Waals surface area contributed by atoms with E-state index in [2.05, 4.69) is 15.0 Å². The summed E-state index contributed by atoms with van der Waals surface area (Å²) in [7, 11) is 1.55. The summed E-state index contributed by atoms with van der Waals surface area (Å²) in [6.45, 7) is 5.09. The predicted octanol–water partition coefficient (Wildman–Crippen LogP) is 4.59. The minimum absolute atomic E-state index is 0.141. The first kappa shape index (κ1) is 24.0. The highest BCUT2D eigenvalue weighted by atomic mass is 19.3. The summed E-state index contributed by atoms with van der Waals surface area (Å²) >= 11 is 0. The summed E-state index contributed by atoms with van der Waals surface area (Å²) in [5.41, 5.74) is 0.802. The molecule has 0 aliphatic carbocycles. The van der Waals surface area contributed by atoms with E-state index in [1.54, 1.807) is 48.7 Å². The van der Waals surface area contributed by atoms with Gasteiger partial charge in [0.1, 0.15) is 12.4 Å². The first-order valence-corrected chi connectivity index (χ1v) is 10.5. The van der Waals surface area contributed by atoms with E-state index in [1.807, 2.05) is 13.8 Å². The number of nitrogens with zero attached hydrogens (tertiary/aromatic N) is 4. The number of methoxy groups -OCH3 is 1. The van der Waals surface area contributed by atoms with E-state index in [1.165, 1.54) is 12.1 Å². The third-order valence-electron chi connectivity index (χ3n) is 5.11. The first-order valence-electron chi connectivity index (χ1n) is 10.5. The van der Waals surface area contributed by atoms with Gasteiger partial charge in [0, 0.05) is 49.3 Å². The number of amides is 1. The van der Waals surface area contributed by atoms with Crippen LogP contribution in [0.15, 0.2) is 55.0 Å². The lowest BCUT2D eigenvalue weighted by Crippen LogP contribution is -2.42. The molecule has 2 heterocycles. The lowest BCUT2D eigenvalue weighted by atomic mass is 10.0. The minimum atomic E-state index is -2.97. The molecular weight excluding hydrogens is 430 g/mol. The number of benzene rings is 1. The van der Waals surface area contributed by atoms with Gasteiger partial charge in [-0.2, -0.15) is 0 Å². The molecule has 33 heavy (non-hydrogen) atoms. The van der Waals surface area contributed by atoms with Crippen LogP contribution in [-0.2, 0) is 5.92 Å². The van der Waals surface area contributed by atoms with Crippen molar-refractivity contribution in [1.82, 2.24) is 19.9 Å². The van der Waals surface area contributed by atoms with Crippen LogP contribution >= 0.6 is 0 Å². The summed E-state index contributed by atoms with van der Waals surface area (Å²) in [5, 5.41) is 0. The molecule has 0 saturated carbocycles. The molecule has 0 N–H and O–H groups in total. The molecule has 1 atom stereocenters. The smallest absolute Gasteiger partial charge is 0.272 e. The topological polar surface area (TPSA) is 77.4 Å². The number of aromatic nitrogens is 3. The number of hydrogen-bond acceptors (Lipinski definition) is 6. The fourth-order valence-electron chi connectivity index (χ4n) is 3.29. The molecule has 0 radical (unpaired) electrons. The van der Waals surface area contributed by atoms with Gasteiger partial charge in [-0.3, -0.25) is 4.79 Å². The Morgan fingerprint density at radius 2 is 1.88 bits per heavy atom. The Labute approximate surface area is 191 Å². The number of ether oxygens (including phenoxy) is 2. The number of alkyl halides is 2. The van der Waals surface area contributed by atoms with Gasteiger partial charge in [0.05, 0.1) is 18.7 Å². The van der Waals surface area contributed by atoms with Gasteiger partial charge in [-0.25, -0.2) is 23.7 Å². The van der Waals surface area contributed by atoms with Crippen LogP contribution in [0.4, 0.5) is 8.78 Å². The molecule has 3 rings (SSSR count). The highest BCUT2D eigenvalue weighted by Gasteiger charge is 2.26. The molecule has 1 amide bonds. The zero-order valence-electron chi connectivity index (χ0n) is 19.0. The van der Waals surface area contributed by atoms with Gasteiger partial charge in [0.2, 0.25) is 5.88 Å². The Kier molecular flexibility index (Phi) is 7.52. The number of halogens is 2. The predicted molar refractivity (Wildman–Crippen MR) is 119 cm³/mol. The molecule has 3 aromatic rings. The highest BCUT2D eigenvalue weighted by molar-refractivity contribution is 6.00. The number of likely N-dealkylation sites (N-methyl/N-ethyl adjacent to an activating group) is 1. The molecule has 0 spiro atoms. The van der Waals surface area contributed by atoms with E-state index in [-0.39, 0.29) is 30.0 Å². The monoisotopic (exact) mass is 456 g/mol. The second-order valence-corrected chi connectivity index (χ2v) is 7.51. The molecule has 9 heteroatoms. The van der Waals surface area contributed by atoms with E-state index in [0.717, 1.165) is 13.1 Å². The van der Waals surface area contributed by atoms with Gasteiger partial charge in [-0.05, 0) is 44.2 Å². The first-order chi connectivity index (χ1) is 15.7. The van der Waals surface area contributed by atoms with E-state index in [0.29, 0.717) is 29.2 Å². The standard InChI is InChI=1S/C24H26F2N4O3/c1-5-30(16(2)15-33-21-10-7-17(14-29-21)24(3,25)26)23(31)19-9-8-18(32-4)13-20(19)22-27-11-6-12-28-22/h6-14,16H,5,15H2,1-4H3/t16-/m0/s1. The van der Waals surface area contributed by atoms with Crippen molar-refractivity contribution >= 4 is 5.91 Å². The Morgan fingerprint density at radius 3 is 2.45 bits per heavy atom. The lowest BCUT2D eigenvalue weighted by Gasteiger charge is -2.28. The number of rotatable bonds is 9. The Hall–Kier alpha value is -3.62. The zero-order valence-corrected chi connectivity index (χ0v) is 19.0. The largest absolute Gasteiger partial charge is 0.497 e. The third kappa shape index (κ3) is 5.79. The van der Waals surface area contributed by atoms with Crippen LogP contribution in [0.25, 0.3) is 11.4 Å². The van der Waals surface area contributed by atoms with Gasteiger partial charge >= 0.3 is 0 Å². The van der Waals surface area contributed by atoms with Crippen LogP contribution in [-0.4, -0.2) is 52.1 Å². The van der Waals surface area contributed by atoms with Gasteiger partial charge in [0.15, 0.2) is 5.82 Å². The fourth-order valence-corrected chi connectivity index (χ4v) is 3.29. The molecule has 0 fully saturated rings. The SMILES string of the molecule is CCN(C(=O)c1ccc(OC)cc1-c1ncccn1)[C@@H](C)COc1ccc(C(C)(F)F)cn1. The summed E-state index contributed by atoms with van der Waals surface area (Å²) < 4.78 is 37.7. The molecule has 0 unspecified atom stereocenters. The third-order valence-corrected chi connectivity index (χ3v) is 5.11. The molecule has 174 valence electrons. The number of pyridine rings is 1. The minimum Gasteiger partial charge on any atom is -0.497 e. The lowest BCUT2D eigenvalue weighted by molar-refractivity contribution is 0.0169. The molecule has 0 aliphatic heterocycles. The molecule has 0 bridgehead atoms. The van der Waals surface area contributed by atoms with Crippen molar-refractivity contribution in [3.05, 3.63) is 66.1 Å². The summed E-state index contributed by atoms with van der Waals surface area (Å²) in [6.07, 6.45) is 4.31. The van der Waals surface area contributed by atoms with Crippen LogP contribution in [0, 0.1) is 0 Å². The van der Waals surface area contributed by atoms with Crippen LogP contribution in [0.1, 0.15) is 36.7 Å². The van der Waals surface area contributed by atoms with Gasteiger partial charge in [-0.15, -0.1) is 0 Å². The summed E-state index contributed by atoms with van der Waals surface area (Å²) in [4.78, 5) is 27.6. The summed E-state index contributed by atoms with van der Waals surface area (Å²) in [6, 6.07) is 9.18. The Bertz CT molecular complexity index is 1070. The van der Waals surface area contributed by atoms with Crippen molar-refractivity contribution in [2.45, 2.75) is 32.7 Å². The fraction of sp³-hybridized carbons (Fsp3) is 0.333. The second-order valence-electron chi connectivity index (χ2n) is 7.51. The van der Waals surface area contributed by atoms with E-state index in [4.69, 9.17) is 9.47 Å². The number of hydrogen-bond donors (Lipinski definition) is 0. The molecule has 7 nitrogen and oxygen atoms in total. The van der Waals surface area contributed by atoms with Gasteiger partial charge < -0.3 is 14.4 Å². The highest BCUT2D eigenvalue weighted by Crippen LogP contribution is 2.28. The average molecular weight is 456 g/mol. The molecule has 0 aliphatic rings. The maximum absolute atomic E-state index is 13.5. The normalized spacial score (nSPS) is 12.2.